The van der Waals surface area contributed by atoms with Crippen LogP contribution in [0.25, 0.3) is 6.08 Å². The molecule has 0 N–H and O–H groups in total. The quantitative estimate of drug-likeness (QED) is 0.655. The van der Waals surface area contributed by atoms with E-state index in [0.29, 0.717) is 0 Å². The molecular formula is C9H12Br2SSi. The minimum atomic E-state index is -1.18. The molecular weight excluding hydrogens is 328 g/mol. The largest absolute Gasteiger partial charge is 0.143 e. The molecule has 13 heavy (non-hydrogen) atoms. The minimum absolute atomic E-state index is 1.18. The van der Waals surface area contributed by atoms with Gasteiger partial charge in [-0.05, 0) is 37.6 Å². The number of thiophene rings is 1. The van der Waals surface area contributed by atoms with Crippen LogP contribution in [-0.4, -0.2) is 8.07 Å². The molecule has 0 spiro atoms. The van der Waals surface area contributed by atoms with Crippen molar-refractivity contribution in [3.63, 3.8) is 0 Å². The molecule has 1 rings (SSSR count). The van der Waals surface area contributed by atoms with Crippen LogP contribution in [0.15, 0.2) is 20.0 Å². The summed E-state index contributed by atoms with van der Waals surface area (Å²) in [6.07, 6.45) is 2.24. The zero-order chi connectivity index (χ0) is 10.1. The molecule has 0 bridgehead atoms. The Bertz CT molecular complexity index is 323. The van der Waals surface area contributed by atoms with Crippen molar-refractivity contribution in [3.05, 3.63) is 24.9 Å². The van der Waals surface area contributed by atoms with Crippen LogP contribution in [-0.2, 0) is 0 Å². The number of halogens is 2. The molecule has 1 aromatic rings. The maximum Gasteiger partial charge on any atom is 0.0866 e. The van der Waals surface area contributed by atoms with Crippen molar-refractivity contribution in [3.8, 4) is 0 Å². The van der Waals surface area contributed by atoms with Crippen molar-refractivity contribution in [1.82, 2.24) is 0 Å². The lowest BCUT2D eigenvalue weighted by molar-refractivity contribution is 1.75. The van der Waals surface area contributed by atoms with Gasteiger partial charge in [0.15, 0.2) is 0 Å². The second kappa shape index (κ2) is 4.42. The molecule has 0 nitrogen and oxygen atoms in total. The van der Waals surface area contributed by atoms with Crippen LogP contribution >= 0.6 is 43.2 Å². The highest BCUT2D eigenvalue weighted by atomic mass is 79.9. The van der Waals surface area contributed by atoms with Crippen molar-refractivity contribution >= 4 is 57.3 Å². The van der Waals surface area contributed by atoms with Gasteiger partial charge in [0.1, 0.15) is 0 Å². The molecule has 0 aliphatic carbocycles. The smallest absolute Gasteiger partial charge is 0.0866 e. The molecule has 0 fully saturated rings. The number of rotatable bonds is 2. The molecule has 1 aromatic heterocycles. The van der Waals surface area contributed by atoms with Crippen LogP contribution in [0.3, 0.4) is 0 Å². The zero-order valence-electron chi connectivity index (χ0n) is 7.90. The molecule has 0 aliphatic rings. The molecule has 1 heterocycles. The van der Waals surface area contributed by atoms with Gasteiger partial charge in [-0.2, -0.15) is 0 Å². The van der Waals surface area contributed by atoms with Crippen molar-refractivity contribution in [1.29, 1.82) is 0 Å². The summed E-state index contributed by atoms with van der Waals surface area (Å²) in [5.74, 6) is 0. The van der Waals surface area contributed by atoms with Gasteiger partial charge in [0.2, 0.25) is 0 Å². The number of hydrogen-bond acceptors (Lipinski definition) is 1. The SMILES string of the molecule is C[Si](C)(C)/C(Br)=C/c1sccc1Br. The summed E-state index contributed by atoms with van der Waals surface area (Å²) >= 11 is 8.95. The summed E-state index contributed by atoms with van der Waals surface area (Å²) in [7, 11) is -1.18. The van der Waals surface area contributed by atoms with Crippen LogP contribution in [0, 0.1) is 0 Å². The Balaban J connectivity index is 2.96. The van der Waals surface area contributed by atoms with Gasteiger partial charge in [-0.1, -0.05) is 35.6 Å². The highest BCUT2D eigenvalue weighted by Crippen LogP contribution is 2.29. The Morgan fingerprint density at radius 2 is 2.08 bits per heavy atom. The van der Waals surface area contributed by atoms with Crippen molar-refractivity contribution in [2.75, 3.05) is 0 Å². The summed E-state index contributed by atoms with van der Waals surface area (Å²) in [5.41, 5.74) is 0. The van der Waals surface area contributed by atoms with Gasteiger partial charge in [0.25, 0.3) is 0 Å². The van der Waals surface area contributed by atoms with E-state index in [9.17, 15) is 0 Å². The lowest BCUT2D eigenvalue weighted by Crippen LogP contribution is -2.19. The zero-order valence-corrected chi connectivity index (χ0v) is 12.9. The Hall–Kier alpha value is 0.617. The fourth-order valence-electron chi connectivity index (χ4n) is 0.740. The molecule has 0 radical (unpaired) electrons. The van der Waals surface area contributed by atoms with E-state index >= 15 is 0 Å². The van der Waals surface area contributed by atoms with Gasteiger partial charge in [-0.3, -0.25) is 0 Å². The first-order chi connectivity index (χ1) is 5.91. The van der Waals surface area contributed by atoms with Gasteiger partial charge in [0.05, 0.1) is 8.07 Å². The van der Waals surface area contributed by atoms with E-state index < -0.39 is 8.07 Å². The van der Waals surface area contributed by atoms with E-state index in [1.54, 1.807) is 11.3 Å². The molecule has 0 unspecified atom stereocenters. The van der Waals surface area contributed by atoms with E-state index in [2.05, 4.69) is 69.0 Å². The van der Waals surface area contributed by atoms with Crippen LogP contribution in [0.2, 0.25) is 19.6 Å². The average Bonchev–Trinajstić information content (AvgIpc) is 2.34. The molecule has 0 atom stereocenters. The summed E-state index contributed by atoms with van der Waals surface area (Å²) < 4.78 is 2.55. The van der Waals surface area contributed by atoms with Gasteiger partial charge in [-0.25, -0.2) is 0 Å². The third kappa shape index (κ3) is 3.35. The van der Waals surface area contributed by atoms with Gasteiger partial charge < -0.3 is 0 Å². The third-order valence-corrected chi connectivity index (χ3v) is 8.81. The molecule has 0 amide bonds. The fourth-order valence-corrected chi connectivity index (χ4v) is 3.22. The standard InChI is InChI=1S/C9H12Br2SSi/c1-13(2,3)9(11)6-8-7(10)4-5-12-8/h4-6H,1-3H3/b9-6+. The first-order valence-electron chi connectivity index (χ1n) is 4.02. The number of hydrogen-bond donors (Lipinski definition) is 0. The molecule has 0 saturated heterocycles. The first-order valence-corrected chi connectivity index (χ1v) is 9.98. The Kier molecular flexibility index (Phi) is 3.98. The fraction of sp³-hybridized carbons (Fsp3) is 0.333. The first kappa shape index (κ1) is 11.7. The van der Waals surface area contributed by atoms with Crippen LogP contribution < -0.4 is 0 Å². The van der Waals surface area contributed by atoms with E-state index in [4.69, 9.17) is 0 Å². The minimum Gasteiger partial charge on any atom is -0.143 e. The highest BCUT2D eigenvalue weighted by Gasteiger charge is 2.17. The molecule has 4 heteroatoms. The van der Waals surface area contributed by atoms with Gasteiger partial charge in [0, 0.05) is 9.35 Å². The van der Waals surface area contributed by atoms with Crippen LogP contribution in [0.1, 0.15) is 4.88 Å². The topological polar surface area (TPSA) is 0 Å². The lowest BCUT2D eigenvalue weighted by Gasteiger charge is -2.14. The third-order valence-electron chi connectivity index (χ3n) is 1.62. The summed E-state index contributed by atoms with van der Waals surface area (Å²) in [6.45, 7) is 6.99. The van der Waals surface area contributed by atoms with E-state index in [-0.39, 0.29) is 0 Å². The van der Waals surface area contributed by atoms with Crippen molar-refractivity contribution in [2.24, 2.45) is 0 Å². The van der Waals surface area contributed by atoms with Crippen molar-refractivity contribution in [2.45, 2.75) is 19.6 Å². The van der Waals surface area contributed by atoms with Crippen LogP contribution in [0.4, 0.5) is 0 Å². The summed E-state index contributed by atoms with van der Waals surface area (Å²) in [5, 5.41) is 2.10. The predicted molar refractivity (Wildman–Crippen MR) is 72.3 cm³/mol. The molecule has 0 aliphatic heterocycles. The van der Waals surface area contributed by atoms with E-state index in [1.807, 2.05) is 0 Å². The Morgan fingerprint density at radius 1 is 1.46 bits per heavy atom. The Labute approximate surface area is 101 Å². The monoisotopic (exact) mass is 338 g/mol. The van der Waals surface area contributed by atoms with E-state index in [1.165, 1.54) is 13.5 Å². The molecule has 72 valence electrons. The maximum atomic E-state index is 3.66. The van der Waals surface area contributed by atoms with Crippen LogP contribution in [0.5, 0.6) is 0 Å². The lowest BCUT2D eigenvalue weighted by atomic mass is 10.5. The highest BCUT2D eigenvalue weighted by molar-refractivity contribution is 9.12. The molecule has 0 saturated carbocycles. The van der Waals surface area contributed by atoms with Crippen molar-refractivity contribution < 1.29 is 0 Å². The predicted octanol–water partition coefficient (Wildman–Crippen LogP) is 5.12. The van der Waals surface area contributed by atoms with E-state index in [0.717, 1.165) is 0 Å². The molecule has 0 aromatic carbocycles. The van der Waals surface area contributed by atoms with Gasteiger partial charge in [-0.15, -0.1) is 11.3 Å². The average molecular weight is 340 g/mol. The van der Waals surface area contributed by atoms with Gasteiger partial charge >= 0.3 is 0 Å². The summed E-state index contributed by atoms with van der Waals surface area (Å²) in [4.78, 5) is 1.30. The Morgan fingerprint density at radius 3 is 2.46 bits per heavy atom. The second-order valence-electron chi connectivity index (χ2n) is 3.88. The second-order valence-corrected chi connectivity index (χ2v) is 12.3. The normalized spacial score (nSPS) is 13.5. The summed E-state index contributed by atoms with van der Waals surface area (Å²) in [6, 6.07) is 2.08. The maximum absolute atomic E-state index is 3.66.